The van der Waals surface area contributed by atoms with Crippen LogP contribution in [0.1, 0.15) is 29.6 Å². The third-order valence-corrected chi connectivity index (χ3v) is 5.00. The van der Waals surface area contributed by atoms with Gasteiger partial charge in [0.15, 0.2) is 6.04 Å². The van der Waals surface area contributed by atoms with Gasteiger partial charge in [-0.2, -0.15) is 0 Å². The van der Waals surface area contributed by atoms with E-state index in [1.165, 1.54) is 23.5 Å². The van der Waals surface area contributed by atoms with Gasteiger partial charge in [0.25, 0.3) is 0 Å². The Labute approximate surface area is 189 Å². The number of ether oxygens (including phenoxy) is 4. The largest absolute Gasteiger partial charge is 0.507 e. The molecule has 1 aromatic carbocycles. The fraction of sp³-hybridized carbons (Fsp3) is 0.550. The van der Waals surface area contributed by atoms with Crippen LogP contribution < -0.4 is 11.1 Å². The smallest absolute Gasteiger partial charge is 0.344 e. The normalized spacial score (nSPS) is 24.7. The standard InChI is InChI=1S/C20H28N2O11/c1-22-16-18(27)17(26)13(33-20(16)29)6-7-30-14(24)4-5-15(25)31-9-32-19(28)11-8-10(21)2-3-12(11)23/h2-3,8,13,16-18,20,22-23,26-27,29H,4-7,9,21H2,1H3/p+1/t13?,16?,17-,18+,20-/m1/s1. The van der Waals surface area contributed by atoms with Gasteiger partial charge in [0.2, 0.25) is 13.1 Å². The van der Waals surface area contributed by atoms with E-state index in [0.717, 1.165) is 0 Å². The Bertz CT molecular complexity index is 834. The van der Waals surface area contributed by atoms with Crippen LogP contribution in [-0.4, -0.2) is 89.4 Å². The lowest BCUT2D eigenvalue weighted by Crippen LogP contribution is -2.94. The molecule has 2 unspecified atom stereocenters. The highest BCUT2D eigenvalue weighted by atomic mass is 16.7. The number of likely N-dealkylation sites (N-methyl/N-ethyl adjacent to an activating group) is 1. The summed E-state index contributed by atoms with van der Waals surface area (Å²) in [6, 6.07) is 3.08. The Hall–Kier alpha value is -2.97. The van der Waals surface area contributed by atoms with Crippen LogP contribution in [0.15, 0.2) is 18.2 Å². The van der Waals surface area contributed by atoms with Crippen LogP contribution in [0.3, 0.4) is 0 Å². The van der Waals surface area contributed by atoms with Gasteiger partial charge in [-0.25, -0.2) is 4.79 Å². The molecule has 184 valence electrons. The molecule has 0 saturated carbocycles. The van der Waals surface area contributed by atoms with Crippen LogP contribution in [0, 0.1) is 0 Å². The number of aliphatic hydroxyl groups is 3. The summed E-state index contributed by atoms with van der Waals surface area (Å²) >= 11 is 0. The number of carbonyl (C=O) groups is 3. The number of rotatable bonds is 10. The van der Waals surface area contributed by atoms with Crippen molar-refractivity contribution in [1.82, 2.24) is 0 Å². The molecule has 0 radical (unpaired) electrons. The van der Waals surface area contributed by atoms with Crippen molar-refractivity contribution in [2.45, 2.75) is 49.9 Å². The molecular weight excluding hydrogens is 444 g/mol. The molecule has 0 aromatic heterocycles. The van der Waals surface area contributed by atoms with E-state index < -0.39 is 55.3 Å². The van der Waals surface area contributed by atoms with Crippen molar-refractivity contribution in [1.29, 1.82) is 0 Å². The average molecular weight is 473 g/mol. The Balaban J connectivity index is 1.63. The minimum Gasteiger partial charge on any atom is -0.507 e. The summed E-state index contributed by atoms with van der Waals surface area (Å²) in [7, 11) is 1.62. The Morgan fingerprint density at radius 1 is 1.06 bits per heavy atom. The number of esters is 3. The lowest BCUT2D eigenvalue weighted by atomic mass is 9.95. The van der Waals surface area contributed by atoms with Gasteiger partial charge in [-0.15, -0.1) is 0 Å². The fourth-order valence-electron chi connectivity index (χ4n) is 3.15. The number of hydrogen-bond acceptors (Lipinski definition) is 12. The van der Waals surface area contributed by atoms with Gasteiger partial charge in [0.05, 0.1) is 32.6 Å². The molecule has 13 nitrogen and oxygen atoms in total. The summed E-state index contributed by atoms with van der Waals surface area (Å²) < 4.78 is 19.6. The number of anilines is 1. The van der Waals surface area contributed by atoms with Crippen molar-refractivity contribution in [2.24, 2.45) is 0 Å². The second kappa shape index (κ2) is 12.3. The molecule has 5 atom stereocenters. The molecule has 1 aliphatic rings. The summed E-state index contributed by atoms with van der Waals surface area (Å²) in [5, 5.41) is 41.0. The summed E-state index contributed by atoms with van der Waals surface area (Å²) in [5.41, 5.74) is 5.57. The van der Waals surface area contributed by atoms with Crippen molar-refractivity contribution >= 4 is 23.6 Å². The molecule has 33 heavy (non-hydrogen) atoms. The highest BCUT2D eigenvalue weighted by Gasteiger charge is 2.45. The summed E-state index contributed by atoms with van der Waals surface area (Å²) in [4.78, 5) is 35.3. The van der Waals surface area contributed by atoms with Crippen molar-refractivity contribution in [2.75, 3.05) is 26.2 Å². The van der Waals surface area contributed by atoms with E-state index in [1.807, 2.05) is 0 Å². The first-order valence-corrected chi connectivity index (χ1v) is 10.2. The Morgan fingerprint density at radius 2 is 1.73 bits per heavy atom. The first kappa shape index (κ1) is 26.3. The maximum atomic E-state index is 11.8. The zero-order valence-electron chi connectivity index (χ0n) is 18.0. The lowest BCUT2D eigenvalue weighted by molar-refractivity contribution is -0.694. The Morgan fingerprint density at radius 3 is 2.39 bits per heavy atom. The zero-order valence-corrected chi connectivity index (χ0v) is 18.0. The topological polar surface area (TPSA) is 212 Å². The molecule has 1 fully saturated rings. The van der Waals surface area contributed by atoms with Gasteiger partial charge < -0.3 is 50.4 Å². The quantitative estimate of drug-likeness (QED) is 0.0890. The van der Waals surface area contributed by atoms with Gasteiger partial charge in [-0.3, -0.25) is 9.59 Å². The molecule has 13 heteroatoms. The molecule has 0 aliphatic carbocycles. The van der Waals surface area contributed by atoms with Crippen molar-refractivity contribution in [3.05, 3.63) is 23.8 Å². The number of aliphatic hydroxyl groups excluding tert-OH is 3. The van der Waals surface area contributed by atoms with Crippen molar-refractivity contribution < 1.29 is 59.1 Å². The van der Waals surface area contributed by atoms with Crippen LogP contribution in [0.4, 0.5) is 5.69 Å². The number of carbonyl (C=O) groups excluding carboxylic acids is 3. The molecule has 0 spiro atoms. The second-order valence-electron chi connectivity index (χ2n) is 7.31. The van der Waals surface area contributed by atoms with E-state index in [-0.39, 0.29) is 42.9 Å². The lowest BCUT2D eigenvalue weighted by Gasteiger charge is -2.38. The van der Waals surface area contributed by atoms with Gasteiger partial charge in [0.1, 0.15) is 23.5 Å². The van der Waals surface area contributed by atoms with E-state index in [1.54, 1.807) is 7.05 Å². The highest BCUT2D eigenvalue weighted by molar-refractivity contribution is 5.93. The molecule has 2 rings (SSSR count). The maximum Gasteiger partial charge on any atom is 0.344 e. The number of aromatic hydroxyl groups is 1. The molecule has 1 heterocycles. The number of benzene rings is 1. The predicted molar refractivity (Wildman–Crippen MR) is 108 cm³/mol. The fourth-order valence-corrected chi connectivity index (χ4v) is 3.15. The molecule has 1 aliphatic heterocycles. The monoisotopic (exact) mass is 473 g/mol. The minimum absolute atomic E-state index is 0.0225. The number of nitrogens with two attached hydrogens (primary N) is 2. The number of phenolic OH excluding ortho intramolecular Hbond substituents is 1. The van der Waals surface area contributed by atoms with Crippen molar-refractivity contribution in [3.8, 4) is 5.75 Å². The summed E-state index contributed by atoms with van der Waals surface area (Å²) in [5.74, 6) is -2.84. The van der Waals surface area contributed by atoms with Gasteiger partial charge in [-0.1, -0.05) is 0 Å². The van der Waals surface area contributed by atoms with E-state index in [0.29, 0.717) is 0 Å². The van der Waals surface area contributed by atoms with Crippen LogP contribution in [0.25, 0.3) is 0 Å². The highest BCUT2D eigenvalue weighted by Crippen LogP contribution is 2.21. The van der Waals surface area contributed by atoms with Crippen LogP contribution in [0.2, 0.25) is 0 Å². The molecule has 1 aromatic rings. The molecule has 0 bridgehead atoms. The maximum absolute atomic E-state index is 11.8. The van der Waals surface area contributed by atoms with E-state index in [4.69, 9.17) is 24.7 Å². The molecular formula is C20H29N2O11+. The van der Waals surface area contributed by atoms with Gasteiger partial charge >= 0.3 is 17.9 Å². The van der Waals surface area contributed by atoms with E-state index in [9.17, 15) is 34.8 Å². The number of nitrogen functional groups attached to an aromatic ring is 1. The van der Waals surface area contributed by atoms with Crippen LogP contribution >= 0.6 is 0 Å². The minimum atomic E-state index is -1.29. The molecule has 1 saturated heterocycles. The SMILES string of the molecule is C[NH2+]C1[C@H](O)OC(CCOC(=O)CCC(=O)OCOC(=O)c2cc(N)ccc2O)[C@@H](O)[C@H]1O. The molecule has 0 amide bonds. The van der Waals surface area contributed by atoms with E-state index >= 15 is 0 Å². The number of quaternary nitrogens is 1. The molecule has 8 N–H and O–H groups in total. The predicted octanol–water partition coefficient (Wildman–Crippen LogP) is -2.65. The third kappa shape index (κ3) is 7.54. The zero-order chi connectivity index (χ0) is 24.5. The van der Waals surface area contributed by atoms with Gasteiger partial charge in [0, 0.05) is 12.1 Å². The average Bonchev–Trinajstić information content (AvgIpc) is 2.77. The first-order chi connectivity index (χ1) is 15.6. The first-order valence-electron chi connectivity index (χ1n) is 10.2. The van der Waals surface area contributed by atoms with Gasteiger partial charge in [-0.05, 0) is 18.2 Å². The summed E-state index contributed by atoms with van der Waals surface area (Å²) in [6.07, 6.45) is -5.33. The van der Waals surface area contributed by atoms with Crippen molar-refractivity contribution in [3.63, 3.8) is 0 Å². The second-order valence-corrected chi connectivity index (χ2v) is 7.31. The Kier molecular flexibility index (Phi) is 9.81. The third-order valence-electron chi connectivity index (χ3n) is 5.00. The number of phenols is 1. The van der Waals surface area contributed by atoms with E-state index in [2.05, 4.69) is 0 Å². The number of hydrogen-bond donors (Lipinski definition) is 6. The van der Waals surface area contributed by atoms with Crippen LogP contribution in [0.5, 0.6) is 5.75 Å². The summed E-state index contributed by atoms with van der Waals surface area (Å²) in [6.45, 7) is -0.893. The van der Waals surface area contributed by atoms with Crippen LogP contribution in [-0.2, 0) is 28.5 Å².